The van der Waals surface area contributed by atoms with E-state index in [1.807, 2.05) is 12.1 Å². The molecule has 2 rings (SSSR count). The van der Waals surface area contributed by atoms with Crippen LogP contribution in [-0.2, 0) is 0 Å². The first kappa shape index (κ1) is 13.9. The van der Waals surface area contributed by atoms with Gasteiger partial charge in [-0.1, -0.05) is 43.9 Å². The third kappa shape index (κ3) is 3.07. The van der Waals surface area contributed by atoms with Gasteiger partial charge in [0.05, 0.1) is 0 Å². The highest BCUT2D eigenvalue weighted by atomic mass is 35.5. The molecule has 0 amide bonds. The summed E-state index contributed by atoms with van der Waals surface area (Å²) in [7, 11) is 0. The van der Waals surface area contributed by atoms with Crippen LogP contribution in [0.4, 0.5) is 0 Å². The van der Waals surface area contributed by atoms with E-state index in [1.54, 1.807) is 0 Å². The van der Waals surface area contributed by atoms with Crippen LogP contribution in [0.5, 0.6) is 0 Å². The van der Waals surface area contributed by atoms with Crippen LogP contribution >= 0.6 is 11.6 Å². The van der Waals surface area contributed by atoms with E-state index in [0.717, 1.165) is 10.9 Å². The lowest BCUT2D eigenvalue weighted by atomic mass is 9.76. The van der Waals surface area contributed by atoms with Gasteiger partial charge in [-0.3, -0.25) is 0 Å². The number of aryl methyl sites for hydroxylation is 1. The molecule has 0 heterocycles. The molecule has 1 saturated carbocycles. The molecule has 1 fully saturated rings. The molecule has 0 radical (unpaired) electrons. The molecule has 100 valence electrons. The minimum atomic E-state index is 0.154. The molecule has 1 aromatic rings. The van der Waals surface area contributed by atoms with E-state index in [-0.39, 0.29) is 6.04 Å². The van der Waals surface area contributed by atoms with Gasteiger partial charge in [0.25, 0.3) is 0 Å². The summed E-state index contributed by atoms with van der Waals surface area (Å²) in [4.78, 5) is 0. The Kier molecular flexibility index (Phi) is 4.69. The molecule has 1 atom stereocenters. The van der Waals surface area contributed by atoms with Crippen LogP contribution in [0, 0.1) is 18.8 Å². The average molecular weight is 266 g/mol. The summed E-state index contributed by atoms with van der Waals surface area (Å²) in [6.45, 7) is 4.43. The second kappa shape index (κ2) is 6.08. The van der Waals surface area contributed by atoms with Gasteiger partial charge >= 0.3 is 0 Å². The van der Waals surface area contributed by atoms with Crippen LogP contribution in [0.25, 0.3) is 0 Å². The molecule has 1 unspecified atom stereocenters. The van der Waals surface area contributed by atoms with Gasteiger partial charge in [0, 0.05) is 11.1 Å². The molecule has 2 N–H and O–H groups in total. The normalized spacial score (nSPS) is 26.0. The Bertz CT molecular complexity index is 394. The van der Waals surface area contributed by atoms with Crippen LogP contribution in [0.1, 0.15) is 56.2 Å². The second-order valence-corrected chi connectivity index (χ2v) is 6.15. The Hall–Kier alpha value is -0.530. The van der Waals surface area contributed by atoms with Crippen molar-refractivity contribution >= 4 is 11.6 Å². The summed E-state index contributed by atoms with van der Waals surface area (Å²) < 4.78 is 0. The molecular formula is C16H24ClN. The molecular weight excluding hydrogens is 242 g/mol. The highest BCUT2D eigenvalue weighted by molar-refractivity contribution is 6.30. The van der Waals surface area contributed by atoms with Crippen molar-refractivity contribution in [3.8, 4) is 0 Å². The zero-order chi connectivity index (χ0) is 13.1. The first-order valence-electron chi connectivity index (χ1n) is 7.13. The van der Waals surface area contributed by atoms with Crippen molar-refractivity contribution in [1.29, 1.82) is 0 Å². The lowest BCUT2D eigenvalue weighted by molar-refractivity contribution is 0.239. The smallest absolute Gasteiger partial charge is 0.0409 e. The zero-order valence-electron chi connectivity index (χ0n) is 11.5. The van der Waals surface area contributed by atoms with Gasteiger partial charge in [0.2, 0.25) is 0 Å². The Labute approximate surface area is 116 Å². The van der Waals surface area contributed by atoms with Crippen molar-refractivity contribution in [3.05, 3.63) is 34.3 Å². The fraction of sp³-hybridized carbons (Fsp3) is 0.625. The van der Waals surface area contributed by atoms with E-state index in [0.29, 0.717) is 5.92 Å². The van der Waals surface area contributed by atoms with E-state index < -0.39 is 0 Å². The minimum absolute atomic E-state index is 0.154. The molecule has 0 spiro atoms. The quantitative estimate of drug-likeness (QED) is 0.829. The molecule has 1 nitrogen and oxygen atoms in total. The highest BCUT2D eigenvalue weighted by Gasteiger charge is 2.26. The number of nitrogens with two attached hydrogens (primary N) is 1. The van der Waals surface area contributed by atoms with Crippen molar-refractivity contribution in [1.82, 2.24) is 0 Å². The van der Waals surface area contributed by atoms with Gasteiger partial charge in [-0.05, 0) is 54.9 Å². The lowest BCUT2D eigenvalue weighted by Gasteiger charge is -2.32. The number of benzene rings is 1. The molecule has 0 saturated heterocycles. The third-order valence-electron chi connectivity index (χ3n) is 4.58. The number of rotatable bonds is 3. The average Bonchev–Trinajstić information content (AvgIpc) is 2.41. The second-order valence-electron chi connectivity index (χ2n) is 5.72. The van der Waals surface area contributed by atoms with Gasteiger partial charge in [-0.2, -0.15) is 0 Å². The molecule has 1 aliphatic carbocycles. The number of hydrogen-bond donors (Lipinski definition) is 1. The zero-order valence-corrected chi connectivity index (χ0v) is 12.2. The number of hydrogen-bond acceptors (Lipinski definition) is 1. The van der Waals surface area contributed by atoms with E-state index in [4.69, 9.17) is 17.3 Å². The van der Waals surface area contributed by atoms with E-state index >= 15 is 0 Å². The van der Waals surface area contributed by atoms with E-state index in [2.05, 4.69) is 19.9 Å². The molecule has 1 aromatic carbocycles. The Morgan fingerprint density at radius 3 is 2.56 bits per heavy atom. The Morgan fingerprint density at radius 2 is 1.94 bits per heavy atom. The monoisotopic (exact) mass is 265 g/mol. The van der Waals surface area contributed by atoms with Crippen molar-refractivity contribution < 1.29 is 0 Å². The van der Waals surface area contributed by atoms with Gasteiger partial charge < -0.3 is 5.73 Å². The largest absolute Gasteiger partial charge is 0.324 e. The van der Waals surface area contributed by atoms with Crippen molar-refractivity contribution in [3.63, 3.8) is 0 Å². The lowest BCUT2D eigenvalue weighted by Crippen LogP contribution is -2.26. The topological polar surface area (TPSA) is 26.0 Å². The van der Waals surface area contributed by atoms with Crippen molar-refractivity contribution in [2.45, 2.75) is 52.0 Å². The van der Waals surface area contributed by atoms with Crippen LogP contribution < -0.4 is 5.73 Å². The summed E-state index contributed by atoms with van der Waals surface area (Å²) in [5.41, 5.74) is 8.97. The Balaban J connectivity index is 2.07. The van der Waals surface area contributed by atoms with E-state index in [1.165, 1.54) is 43.2 Å². The number of halogens is 1. The standard InChI is InChI=1S/C16H24ClN/c1-3-12-5-7-13(8-6-12)16(18)15-10-14(17)9-4-11(15)2/h4,9-10,12-13,16H,3,5-8,18H2,1-2H3. The SMILES string of the molecule is CCC1CCC(C(N)c2cc(Cl)ccc2C)CC1. The molecule has 0 aliphatic heterocycles. The summed E-state index contributed by atoms with van der Waals surface area (Å²) in [6, 6.07) is 6.23. The van der Waals surface area contributed by atoms with Gasteiger partial charge in [-0.25, -0.2) is 0 Å². The molecule has 1 aliphatic rings. The first-order valence-corrected chi connectivity index (χ1v) is 7.51. The van der Waals surface area contributed by atoms with Gasteiger partial charge in [0.1, 0.15) is 0 Å². The Morgan fingerprint density at radius 1 is 1.28 bits per heavy atom. The first-order chi connectivity index (χ1) is 8.61. The van der Waals surface area contributed by atoms with Gasteiger partial charge in [0.15, 0.2) is 0 Å². The maximum atomic E-state index is 6.47. The predicted molar refractivity (Wildman–Crippen MR) is 78.9 cm³/mol. The summed E-state index contributed by atoms with van der Waals surface area (Å²) in [6.07, 6.45) is 6.54. The van der Waals surface area contributed by atoms with Crippen LogP contribution in [0.2, 0.25) is 5.02 Å². The summed E-state index contributed by atoms with van der Waals surface area (Å²) in [5, 5.41) is 0.799. The fourth-order valence-electron chi connectivity index (χ4n) is 3.18. The maximum absolute atomic E-state index is 6.47. The predicted octanol–water partition coefficient (Wildman–Crippen LogP) is 4.86. The fourth-order valence-corrected chi connectivity index (χ4v) is 3.36. The van der Waals surface area contributed by atoms with Crippen molar-refractivity contribution in [2.75, 3.05) is 0 Å². The highest BCUT2D eigenvalue weighted by Crippen LogP contribution is 2.38. The van der Waals surface area contributed by atoms with Crippen LogP contribution in [0.15, 0.2) is 18.2 Å². The summed E-state index contributed by atoms with van der Waals surface area (Å²) in [5.74, 6) is 1.55. The minimum Gasteiger partial charge on any atom is -0.324 e. The molecule has 0 bridgehead atoms. The third-order valence-corrected chi connectivity index (χ3v) is 4.81. The van der Waals surface area contributed by atoms with Crippen LogP contribution in [-0.4, -0.2) is 0 Å². The molecule has 2 heteroatoms. The maximum Gasteiger partial charge on any atom is 0.0409 e. The van der Waals surface area contributed by atoms with E-state index in [9.17, 15) is 0 Å². The molecule has 0 aromatic heterocycles. The van der Waals surface area contributed by atoms with Gasteiger partial charge in [-0.15, -0.1) is 0 Å². The van der Waals surface area contributed by atoms with Crippen LogP contribution in [0.3, 0.4) is 0 Å². The molecule has 18 heavy (non-hydrogen) atoms. The summed E-state index contributed by atoms with van der Waals surface area (Å²) >= 11 is 6.09. The van der Waals surface area contributed by atoms with Crippen molar-refractivity contribution in [2.24, 2.45) is 17.6 Å².